The van der Waals surface area contributed by atoms with E-state index in [4.69, 9.17) is 0 Å². The Labute approximate surface area is 101 Å². The molecule has 1 heterocycles. The van der Waals surface area contributed by atoms with Crippen molar-refractivity contribution in [3.8, 4) is 0 Å². The van der Waals surface area contributed by atoms with Crippen molar-refractivity contribution in [2.75, 3.05) is 11.9 Å². The number of aromatic nitrogens is 1. The van der Waals surface area contributed by atoms with Crippen molar-refractivity contribution in [2.45, 2.75) is 26.3 Å². The molecule has 5 heteroatoms. The van der Waals surface area contributed by atoms with E-state index in [2.05, 4.69) is 10.6 Å². The highest BCUT2D eigenvalue weighted by Gasteiger charge is 2.26. The lowest BCUT2D eigenvalue weighted by molar-refractivity contribution is -0.121. The Morgan fingerprint density at radius 1 is 1.41 bits per heavy atom. The first-order valence-corrected chi connectivity index (χ1v) is 5.60. The van der Waals surface area contributed by atoms with Gasteiger partial charge < -0.3 is 15.2 Å². The molecule has 0 aliphatic rings. The first-order valence-electron chi connectivity index (χ1n) is 5.60. The fraction of sp³-hybridized carbons (Fsp3) is 0.500. The van der Waals surface area contributed by atoms with E-state index < -0.39 is 5.54 Å². The number of pyridine rings is 1. The van der Waals surface area contributed by atoms with Gasteiger partial charge in [0.25, 0.3) is 0 Å². The Balaban J connectivity index is 2.81. The summed E-state index contributed by atoms with van der Waals surface area (Å²) in [5, 5.41) is 5.86. The molecule has 2 N–H and O–H groups in total. The van der Waals surface area contributed by atoms with Crippen LogP contribution in [0.25, 0.3) is 0 Å². The molecular weight excluding hydrogens is 218 g/mol. The molecule has 0 saturated heterocycles. The van der Waals surface area contributed by atoms with E-state index in [0.29, 0.717) is 12.2 Å². The molecular formula is C12H19N3O2. The van der Waals surface area contributed by atoms with E-state index in [1.54, 1.807) is 19.3 Å². The van der Waals surface area contributed by atoms with Gasteiger partial charge in [-0.3, -0.25) is 9.59 Å². The number of amides is 1. The maximum Gasteiger partial charge on any atom is 0.250 e. The summed E-state index contributed by atoms with van der Waals surface area (Å²) in [7, 11) is 1.65. The van der Waals surface area contributed by atoms with Crippen molar-refractivity contribution in [3.05, 3.63) is 28.7 Å². The summed E-state index contributed by atoms with van der Waals surface area (Å²) in [5.41, 5.74) is -0.124. The molecule has 0 aliphatic heterocycles. The van der Waals surface area contributed by atoms with Crippen LogP contribution in [0.2, 0.25) is 0 Å². The lowest BCUT2D eigenvalue weighted by Crippen LogP contribution is -2.49. The summed E-state index contributed by atoms with van der Waals surface area (Å²) < 4.78 is 1.43. The van der Waals surface area contributed by atoms with Crippen LogP contribution in [0.1, 0.15) is 20.8 Å². The van der Waals surface area contributed by atoms with Crippen LogP contribution in [0, 0.1) is 0 Å². The second kappa shape index (κ2) is 5.14. The number of hydrogen-bond donors (Lipinski definition) is 2. The Kier molecular flexibility index (Phi) is 4.07. The summed E-state index contributed by atoms with van der Waals surface area (Å²) in [6.45, 7) is 6.29. The number of carbonyl (C=O) groups is 1. The van der Waals surface area contributed by atoms with Crippen molar-refractivity contribution in [1.29, 1.82) is 0 Å². The van der Waals surface area contributed by atoms with Gasteiger partial charge in [-0.1, -0.05) is 6.92 Å². The summed E-state index contributed by atoms with van der Waals surface area (Å²) in [5.74, 6) is -0.127. The van der Waals surface area contributed by atoms with Crippen molar-refractivity contribution in [2.24, 2.45) is 7.05 Å². The molecule has 94 valence electrons. The molecule has 0 radical (unpaired) electrons. The van der Waals surface area contributed by atoms with Gasteiger partial charge in [0, 0.05) is 19.3 Å². The highest BCUT2D eigenvalue weighted by molar-refractivity contribution is 5.97. The fourth-order valence-electron chi connectivity index (χ4n) is 1.48. The highest BCUT2D eigenvalue weighted by Crippen LogP contribution is 2.08. The second-order valence-corrected chi connectivity index (χ2v) is 4.48. The zero-order chi connectivity index (χ0) is 13.1. The maximum absolute atomic E-state index is 12.0. The van der Waals surface area contributed by atoms with Crippen LogP contribution in [-0.4, -0.2) is 22.6 Å². The van der Waals surface area contributed by atoms with E-state index in [1.807, 2.05) is 20.8 Å². The highest BCUT2D eigenvalue weighted by atomic mass is 16.2. The number of hydrogen-bond acceptors (Lipinski definition) is 3. The quantitative estimate of drug-likeness (QED) is 0.810. The number of rotatable bonds is 4. The van der Waals surface area contributed by atoms with Crippen molar-refractivity contribution in [3.63, 3.8) is 0 Å². The van der Waals surface area contributed by atoms with Crippen molar-refractivity contribution >= 4 is 11.6 Å². The zero-order valence-corrected chi connectivity index (χ0v) is 10.7. The molecule has 0 bridgehead atoms. The van der Waals surface area contributed by atoms with Gasteiger partial charge in [-0.2, -0.15) is 0 Å². The first-order chi connectivity index (χ1) is 7.86. The lowest BCUT2D eigenvalue weighted by Gasteiger charge is -2.24. The minimum Gasteiger partial charge on any atom is -0.323 e. The molecule has 5 nitrogen and oxygen atoms in total. The summed E-state index contributed by atoms with van der Waals surface area (Å²) in [4.78, 5) is 23.2. The van der Waals surface area contributed by atoms with Crippen LogP contribution in [0.3, 0.4) is 0 Å². The van der Waals surface area contributed by atoms with Gasteiger partial charge in [0.1, 0.15) is 0 Å². The number of anilines is 1. The van der Waals surface area contributed by atoms with E-state index in [-0.39, 0.29) is 11.5 Å². The number of nitrogens with zero attached hydrogens (tertiary/aromatic N) is 1. The van der Waals surface area contributed by atoms with Crippen LogP contribution >= 0.6 is 0 Å². The molecule has 0 aromatic carbocycles. The van der Waals surface area contributed by atoms with Gasteiger partial charge in [-0.25, -0.2) is 0 Å². The molecule has 1 aromatic rings. The van der Waals surface area contributed by atoms with Crippen LogP contribution in [-0.2, 0) is 11.8 Å². The molecule has 0 fully saturated rings. The smallest absolute Gasteiger partial charge is 0.250 e. The van der Waals surface area contributed by atoms with Crippen LogP contribution in [0.4, 0.5) is 5.69 Å². The second-order valence-electron chi connectivity index (χ2n) is 4.48. The van der Waals surface area contributed by atoms with Crippen LogP contribution in [0.5, 0.6) is 0 Å². The van der Waals surface area contributed by atoms with Crippen molar-refractivity contribution < 1.29 is 4.79 Å². The molecule has 0 aliphatic carbocycles. The predicted molar refractivity (Wildman–Crippen MR) is 68.1 cm³/mol. The van der Waals surface area contributed by atoms with Gasteiger partial charge in [-0.05, 0) is 26.5 Å². The minimum absolute atomic E-state index is 0.103. The summed E-state index contributed by atoms with van der Waals surface area (Å²) in [6.07, 6.45) is 1.60. The third-order valence-corrected chi connectivity index (χ3v) is 2.53. The zero-order valence-electron chi connectivity index (χ0n) is 10.7. The van der Waals surface area contributed by atoms with E-state index >= 15 is 0 Å². The molecule has 1 amide bonds. The molecule has 0 saturated carbocycles. The summed E-state index contributed by atoms with van der Waals surface area (Å²) in [6, 6.07) is 3.03. The minimum atomic E-state index is -0.635. The average Bonchev–Trinajstić information content (AvgIpc) is 2.23. The molecule has 0 atom stereocenters. The number of nitrogens with one attached hydrogen (secondary N) is 2. The van der Waals surface area contributed by atoms with Crippen LogP contribution in [0.15, 0.2) is 23.1 Å². The van der Waals surface area contributed by atoms with Gasteiger partial charge >= 0.3 is 0 Å². The molecule has 17 heavy (non-hydrogen) atoms. The third kappa shape index (κ3) is 3.42. The third-order valence-electron chi connectivity index (χ3n) is 2.53. The number of carbonyl (C=O) groups excluding carboxylic acids is 1. The lowest BCUT2D eigenvalue weighted by atomic mass is 10.0. The normalized spacial score (nSPS) is 11.3. The topological polar surface area (TPSA) is 63.1 Å². The molecule has 1 rings (SSSR count). The predicted octanol–water partition coefficient (Wildman–Crippen LogP) is 0.712. The Morgan fingerprint density at radius 3 is 2.59 bits per heavy atom. The SMILES string of the molecule is CCNC(C)(C)C(=O)Nc1ccc(=O)n(C)c1. The average molecular weight is 237 g/mol. The standard InChI is InChI=1S/C12H19N3O2/c1-5-13-12(2,3)11(17)14-9-6-7-10(16)15(4)8-9/h6-8,13H,5H2,1-4H3,(H,14,17). The first kappa shape index (κ1) is 13.4. The largest absolute Gasteiger partial charge is 0.323 e. The van der Waals surface area contributed by atoms with Gasteiger partial charge in [0.2, 0.25) is 11.5 Å². The number of aryl methyl sites for hydroxylation is 1. The van der Waals surface area contributed by atoms with Crippen LogP contribution < -0.4 is 16.2 Å². The van der Waals surface area contributed by atoms with Gasteiger partial charge in [-0.15, -0.1) is 0 Å². The monoisotopic (exact) mass is 237 g/mol. The Hall–Kier alpha value is -1.62. The van der Waals surface area contributed by atoms with Gasteiger partial charge in [0.15, 0.2) is 0 Å². The van der Waals surface area contributed by atoms with Crippen molar-refractivity contribution in [1.82, 2.24) is 9.88 Å². The molecule has 1 aromatic heterocycles. The number of likely N-dealkylation sites (N-methyl/N-ethyl adjacent to an activating group) is 1. The van der Waals surface area contributed by atoms with E-state index in [9.17, 15) is 9.59 Å². The summed E-state index contributed by atoms with van der Waals surface area (Å²) >= 11 is 0. The Morgan fingerprint density at radius 2 is 2.06 bits per heavy atom. The van der Waals surface area contributed by atoms with E-state index in [0.717, 1.165) is 0 Å². The molecule has 0 spiro atoms. The van der Waals surface area contributed by atoms with Gasteiger partial charge in [0.05, 0.1) is 11.2 Å². The Bertz CT molecular complexity index is 463. The molecule has 0 unspecified atom stereocenters. The van der Waals surface area contributed by atoms with E-state index in [1.165, 1.54) is 10.6 Å². The maximum atomic E-state index is 12.0. The fourth-order valence-corrected chi connectivity index (χ4v) is 1.48.